The Labute approximate surface area is 105 Å². The summed E-state index contributed by atoms with van der Waals surface area (Å²) in [4.78, 5) is 17.3. The van der Waals surface area contributed by atoms with Gasteiger partial charge in [-0.15, -0.1) is 0 Å². The fraction of sp³-hybridized carbons (Fsp3) is 0.500. The quantitative estimate of drug-likeness (QED) is 0.779. The molecule has 5 heteroatoms. The van der Waals surface area contributed by atoms with Crippen LogP contribution < -0.4 is 0 Å². The minimum absolute atomic E-state index is 0.0526. The second-order valence-corrected chi connectivity index (χ2v) is 4.83. The smallest absolute Gasteiger partial charge is 0.256 e. The van der Waals surface area contributed by atoms with Crippen molar-refractivity contribution in [2.24, 2.45) is 5.92 Å². The largest absolute Gasteiger partial charge is 0.341 e. The average Bonchev–Trinajstić information content (AvgIpc) is 2.25. The zero-order valence-electron chi connectivity index (χ0n) is 9.62. The third-order valence-electron chi connectivity index (χ3n) is 3.14. The van der Waals surface area contributed by atoms with Gasteiger partial charge in [-0.1, -0.05) is 18.0 Å². The molecule has 1 fully saturated rings. The summed E-state index contributed by atoms with van der Waals surface area (Å²) in [6, 6.07) is 1.13. The maximum Gasteiger partial charge on any atom is 0.256 e. The predicted molar refractivity (Wildman–Crippen MR) is 63.5 cm³/mol. The van der Waals surface area contributed by atoms with Crippen LogP contribution in [-0.4, -0.2) is 29.4 Å². The normalized spacial score (nSPS) is 15.5. The van der Waals surface area contributed by atoms with Crippen molar-refractivity contribution in [2.45, 2.75) is 19.3 Å². The van der Waals surface area contributed by atoms with Gasteiger partial charge in [-0.25, -0.2) is 9.37 Å². The summed E-state index contributed by atoms with van der Waals surface area (Å²) in [7, 11) is 1.71. The van der Waals surface area contributed by atoms with Gasteiger partial charge in [-0.2, -0.15) is 0 Å². The highest BCUT2D eigenvalue weighted by Gasteiger charge is 2.23. The van der Waals surface area contributed by atoms with Crippen molar-refractivity contribution in [2.75, 3.05) is 13.6 Å². The molecule has 1 amide bonds. The lowest BCUT2D eigenvalue weighted by atomic mass is 9.85. The molecule has 1 aliphatic rings. The van der Waals surface area contributed by atoms with E-state index in [4.69, 9.17) is 11.6 Å². The van der Waals surface area contributed by atoms with Gasteiger partial charge in [0.25, 0.3) is 5.91 Å². The molecule has 0 spiro atoms. The first-order valence-corrected chi connectivity index (χ1v) is 6.02. The van der Waals surface area contributed by atoms with Crippen molar-refractivity contribution in [3.63, 3.8) is 0 Å². The van der Waals surface area contributed by atoms with E-state index in [1.165, 1.54) is 6.42 Å². The Morgan fingerprint density at radius 2 is 2.35 bits per heavy atom. The Hall–Kier alpha value is -1.16. The molecule has 0 aliphatic heterocycles. The zero-order chi connectivity index (χ0) is 12.4. The zero-order valence-corrected chi connectivity index (χ0v) is 10.4. The van der Waals surface area contributed by atoms with Crippen molar-refractivity contribution < 1.29 is 9.18 Å². The van der Waals surface area contributed by atoms with Crippen LogP contribution in [0.3, 0.4) is 0 Å². The summed E-state index contributed by atoms with van der Waals surface area (Å²) in [5.41, 5.74) is 0.133. The standard InChI is InChI=1S/C12H14ClFN2O/c1-16(7-8-3-2-4-8)12(17)10-5-9(14)6-15-11(10)13/h5-6,8H,2-4,7H2,1H3. The van der Waals surface area contributed by atoms with Gasteiger partial charge in [0.1, 0.15) is 11.0 Å². The summed E-state index contributed by atoms with van der Waals surface area (Å²) in [6.45, 7) is 0.700. The topological polar surface area (TPSA) is 33.2 Å². The van der Waals surface area contributed by atoms with Crippen LogP contribution in [0.2, 0.25) is 5.15 Å². The Bertz CT molecular complexity index is 435. The van der Waals surface area contributed by atoms with E-state index in [9.17, 15) is 9.18 Å². The van der Waals surface area contributed by atoms with Crippen molar-refractivity contribution >= 4 is 17.5 Å². The fourth-order valence-corrected chi connectivity index (χ4v) is 2.11. The Kier molecular flexibility index (Phi) is 3.62. The molecule has 1 aromatic rings. The van der Waals surface area contributed by atoms with Crippen molar-refractivity contribution in [3.05, 3.63) is 28.8 Å². The second kappa shape index (κ2) is 5.00. The van der Waals surface area contributed by atoms with E-state index >= 15 is 0 Å². The highest BCUT2D eigenvalue weighted by molar-refractivity contribution is 6.32. The van der Waals surface area contributed by atoms with Crippen LogP contribution in [0.4, 0.5) is 4.39 Å². The number of hydrogen-bond donors (Lipinski definition) is 0. The van der Waals surface area contributed by atoms with Crippen molar-refractivity contribution in [1.82, 2.24) is 9.88 Å². The van der Waals surface area contributed by atoms with E-state index in [-0.39, 0.29) is 16.6 Å². The van der Waals surface area contributed by atoms with Gasteiger partial charge in [0.05, 0.1) is 11.8 Å². The molecule has 1 aromatic heterocycles. The van der Waals surface area contributed by atoms with E-state index in [1.807, 2.05) is 0 Å². The Balaban J connectivity index is 2.09. The fourth-order valence-electron chi connectivity index (χ4n) is 1.92. The number of rotatable bonds is 3. The molecular formula is C12H14ClFN2O. The van der Waals surface area contributed by atoms with Crippen LogP contribution >= 0.6 is 11.6 Å². The van der Waals surface area contributed by atoms with E-state index < -0.39 is 5.82 Å². The summed E-state index contributed by atoms with van der Waals surface area (Å²) < 4.78 is 13.0. The van der Waals surface area contributed by atoms with Crippen LogP contribution in [-0.2, 0) is 0 Å². The summed E-state index contributed by atoms with van der Waals surface area (Å²) in [5.74, 6) is -0.243. The first-order valence-electron chi connectivity index (χ1n) is 5.64. The van der Waals surface area contributed by atoms with Crippen LogP contribution in [0.25, 0.3) is 0 Å². The minimum Gasteiger partial charge on any atom is -0.341 e. The monoisotopic (exact) mass is 256 g/mol. The maximum absolute atomic E-state index is 13.0. The molecule has 0 bridgehead atoms. The summed E-state index contributed by atoms with van der Waals surface area (Å²) in [6.07, 6.45) is 4.56. The number of amides is 1. The molecular weight excluding hydrogens is 243 g/mol. The number of pyridine rings is 1. The number of carbonyl (C=O) groups is 1. The molecule has 1 aliphatic carbocycles. The molecule has 2 rings (SSSR count). The van der Waals surface area contributed by atoms with Gasteiger partial charge in [0.2, 0.25) is 0 Å². The highest BCUT2D eigenvalue weighted by Crippen LogP contribution is 2.27. The van der Waals surface area contributed by atoms with E-state index in [0.29, 0.717) is 12.5 Å². The van der Waals surface area contributed by atoms with Crippen molar-refractivity contribution in [3.8, 4) is 0 Å². The molecule has 0 aromatic carbocycles. The molecule has 17 heavy (non-hydrogen) atoms. The van der Waals surface area contributed by atoms with Gasteiger partial charge < -0.3 is 4.90 Å². The van der Waals surface area contributed by atoms with Crippen LogP contribution in [0.1, 0.15) is 29.6 Å². The Morgan fingerprint density at radius 3 is 2.94 bits per heavy atom. The number of hydrogen-bond acceptors (Lipinski definition) is 2. The summed E-state index contributed by atoms with van der Waals surface area (Å²) in [5, 5.41) is 0.0526. The molecule has 92 valence electrons. The second-order valence-electron chi connectivity index (χ2n) is 4.47. The van der Waals surface area contributed by atoms with Crippen molar-refractivity contribution in [1.29, 1.82) is 0 Å². The molecule has 3 nitrogen and oxygen atoms in total. The highest BCUT2D eigenvalue weighted by atomic mass is 35.5. The first kappa shape index (κ1) is 12.3. The van der Waals surface area contributed by atoms with Gasteiger partial charge in [0.15, 0.2) is 0 Å². The Morgan fingerprint density at radius 1 is 1.65 bits per heavy atom. The summed E-state index contributed by atoms with van der Waals surface area (Å²) >= 11 is 5.79. The molecule has 1 heterocycles. The van der Waals surface area contributed by atoms with Crippen LogP contribution in [0, 0.1) is 11.7 Å². The molecule has 1 saturated carbocycles. The molecule has 0 radical (unpaired) electrons. The van der Waals surface area contributed by atoms with E-state index in [2.05, 4.69) is 4.98 Å². The SMILES string of the molecule is CN(CC1CCC1)C(=O)c1cc(F)cnc1Cl. The molecule has 0 atom stereocenters. The van der Waals surface area contributed by atoms with Crippen LogP contribution in [0.5, 0.6) is 0 Å². The molecule has 0 saturated heterocycles. The molecule has 0 N–H and O–H groups in total. The number of aromatic nitrogens is 1. The van der Waals surface area contributed by atoms with E-state index in [1.54, 1.807) is 11.9 Å². The lowest BCUT2D eigenvalue weighted by molar-refractivity contribution is 0.0744. The number of halogens is 2. The molecule has 0 unspecified atom stereocenters. The minimum atomic E-state index is -0.546. The lowest BCUT2D eigenvalue weighted by Crippen LogP contribution is -2.34. The maximum atomic E-state index is 13.0. The van der Waals surface area contributed by atoms with Gasteiger partial charge >= 0.3 is 0 Å². The van der Waals surface area contributed by atoms with Gasteiger partial charge in [-0.3, -0.25) is 4.79 Å². The number of carbonyl (C=O) groups excluding carboxylic acids is 1. The first-order chi connectivity index (χ1) is 8.08. The third kappa shape index (κ3) is 2.75. The van der Waals surface area contributed by atoms with Gasteiger partial charge in [-0.05, 0) is 24.8 Å². The van der Waals surface area contributed by atoms with Gasteiger partial charge in [0, 0.05) is 13.6 Å². The number of nitrogens with zero attached hydrogens (tertiary/aromatic N) is 2. The third-order valence-corrected chi connectivity index (χ3v) is 3.44. The van der Waals surface area contributed by atoms with E-state index in [0.717, 1.165) is 25.1 Å². The van der Waals surface area contributed by atoms with Crippen LogP contribution in [0.15, 0.2) is 12.3 Å². The predicted octanol–water partition coefficient (Wildman–Crippen LogP) is 2.75. The lowest BCUT2D eigenvalue weighted by Gasteiger charge is -2.30. The average molecular weight is 257 g/mol.